The van der Waals surface area contributed by atoms with Gasteiger partial charge in [-0.2, -0.15) is 0 Å². The van der Waals surface area contributed by atoms with Crippen LogP contribution in [0.25, 0.3) is 0 Å². The molecule has 0 amide bonds. The van der Waals surface area contributed by atoms with Crippen molar-refractivity contribution in [3.05, 3.63) is 23.9 Å². The van der Waals surface area contributed by atoms with Crippen LogP contribution < -0.4 is 10.6 Å². The number of nitrogens with two attached hydrogens (primary N) is 1. The SMILES string of the molecule is CCC1CCCN1c1ncccc1CN. The standard InChI is InChI=1S/C12H19N3/c1-2-11-6-4-8-15(11)12-10(9-13)5-3-7-14-12/h3,5,7,11H,2,4,6,8-9,13H2,1H3. The first kappa shape index (κ1) is 10.4. The van der Waals surface area contributed by atoms with Crippen LogP contribution in [0, 0.1) is 0 Å². The summed E-state index contributed by atoms with van der Waals surface area (Å²) < 4.78 is 0. The lowest BCUT2D eigenvalue weighted by atomic mass is 10.1. The van der Waals surface area contributed by atoms with Gasteiger partial charge in [-0.15, -0.1) is 0 Å². The van der Waals surface area contributed by atoms with E-state index in [1.165, 1.54) is 19.3 Å². The molecule has 0 saturated carbocycles. The van der Waals surface area contributed by atoms with Crippen molar-refractivity contribution in [3.63, 3.8) is 0 Å². The molecule has 1 atom stereocenters. The van der Waals surface area contributed by atoms with Gasteiger partial charge >= 0.3 is 0 Å². The van der Waals surface area contributed by atoms with Crippen LogP contribution in [0.2, 0.25) is 0 Å². The molecule has 1 aliphatic rings. The molecule has 3 heteroatoms. The van der Waals surface area contributed by atoms with Crippen molar-refractivity contribution >= 4 is 5.82 Å². The third-order valence-corrected chi connectivity index (χ3v) is 3.21. The highest BCUT2D eigenvalue weighted by molar-refractivity contribution is 5.48. The minimum Gasteiger partial charge on any atom is -0.353 e. The van der Waals surface area contributed by atoms with E-state index in [0.29, 0.717) is 12.6 Å². The largest absolute Gasteiger partial charge is 0.353 e. The third-order valence-electron chi connectivity index (χ3n) is 3.21. The predicted octanol–water partition coefficient (Wildman–Crippen LogP) is 1.92. The molecule has 0 spiro atoms. The van der Waals surface area contributed by atoms with Crippen molar-refractivity contribution in [2.75, 3.05) is 11.4 Å². The van der Waals surface area contributed by atoms with Gasteiger partial charge in [-0.25, -0.2) is 4.98 Å². The van der Waals surface area contributed by atoms with E-state index >= 15 is 0 Å². The zero-order chi connectivity index (χ0) is 10.7. The van der Waals surface area contributed by atoms with Crippen LogP contribution in [-0.2, 0) is 6.54 Å². The van der Waals surface area contributed by atoms with Crippen LogP contribution >= 0.6 is 0 Å². The summed E-state index contributed by atoms with van der Waals surface area (Å²) in [7, 11) is 0. The van der Waals surface area contributed by atoms with Crippen LogP contribution in [0.3, 0.4) is 0 Å². The van der Waals surface area contributed by atoms with Gasteiger partial charge in [0.1, 0.15) is 5.82 Å². The van der Waals surface area contributed by atoms with Crippen LogP contribution in [-0.4, -0.2) is 17.6 Å². The summed E-state index contributed by atoms with van der Waals surface area (Å²) in [5.74, 6) is 1.10. The average Bonchev–Trinajstić information content (AvgIpc) is 2.76. The molecule has 0 bridgehead atoms. The van der Waals surface area contributed by atoms with E-state index in [1.54, 1.807) is 0 Å². The number of hydrogen-bond acceptors (Lipinski definition) is 3. The third kappa shape index (κ3) is 1.97. The Morgan fingerprint density at radius 1 is 1.60 bits per heavy atom. The molecule has 3 nitrogen and oxygen atoms in total. The first-order chi connectivity index (χ1) is 7.36. The van der Waals surface area contributed by atoms with Crippen molar-refractivity contribution < 1.29 is 0 Å². The Hall–Kier alpha value is -1.09. The highest BCUT2D eigenvalue weighted by atomic mass is 15.2. The zero-order valence-corrected chi connectivity index (χ0v) is 9.32. The summed E-state index contributed by atoms with van der Waals surface area (Å²) in [6.07, 6.45) is 5.62. The maximum Gasteiger partial charge on any atom is 0.133 e. The van der Waals surface area contributed by atoms with Crippen LogP contribution in [0.15, 0.2) is 18.3 Å². The van der Waals surface area contributed by atoms with Crippen molar-refractivity contribution in [2.45, 2.75) is 38.8 Å². The molecular weight excluding hydrogens is 186 g/mol. The number of nitrogens with zero attached hydrogens (tertiary/aromatic N) is 2. The molecule has 1 aliphatic heterocycles. The summed E-state index contributed by atoms with van der Waals surface area (Å²) in [6, 6.07) is 4.70. The fraction of sp³-hybridized carbons (Fsp3) is 0.583. The summed E-state index contributed by atoms with van der Waals surface area (Å²) in [5.41, 5.74) is 6.90. The minimum absolute atomic E-state index is 0.579. The van der Waals surface area contributed by atoms with E-state index in [4.69, 9.17) is 5.73 Å². The first-order valence-electron chi connectivity index (χ1n) is 5.77. The summed E-state index contributed by atoms with van der Waals surface area (Å²) in [5, 5.41) is 0. The Morgan fingerprint density at radius 3 is 3.20 bits per heavy atom. The summed E-state index contributed by atoms with van der Waals surface area (Å²) in [4.78, 5) is 6.89. The molecule has 1 aromatic rings. The highest BCUT2D eigenvalue weighted by Crippen LogP contribution is 2.27. The molecule has 2 heterocycles. The smallest absolute Gasteiger partial charge is 0.133 e. The van der Waals surface area contributed by atoms with Crippen molar-refractivity contribution in [3.8, 4) is 0 Å². The lowest BCUT2D eigenvalue weighted by Gasteiger charge is -2.26. The Labute approximate surface area is 91.3 Å². The second-order valence-corrected chi connectivity index (χ2v) is 4.09. The first-order valence-corrected chi connectivity index (χ1v) is 5.77. The molecule has 0 aromatic carbocycles. The molecule has 2 N–H and O–H groups in total. The Morgan fingerprint density at radius 2 is 2.47 bits per heavy atom. The van der Waals surface area contributed by atoms with Gasteiger partial charge in [-0.05, 0) is 25.3 Å². The molecule has 2 rings (SSSR count). The molecule has 1 fully saturated rings. The average molecular weight is 205 g/mol. The van der Waals surface area contributed by atoms with E-state index in [9.17, 15) is 0 Å². The van der Waals surface area contributed by atoms with Gasteiger partial charge in [0.15, 0.2) is 0 Å². The van der Waals surface area contributed by atoms with Crippen LogP contribution in [0.4, 0.5) is 5.82 Å². The van der Waals surface area contributed by atoms with Gasteiger partial charge in [-0.1, -0.05) is 13.0 Å². The second-order valence-electron chi connectivity index (χ2n) is 4.09. The topological polar surface area (TPSA) is 42.2 Å². The molecular formula is C12H19N3. The van der Waals surface area contributed by atoms with Gasteiger partial charge in [0.2, 0.25) is 0 Å². The highest BCUT2D eigenvalue weighted by Gasteiger charge is 2.25. The van der Waals surface area contributed by atoms with E-state index in [1.807, 2.05) is 12.3 Å². The zero-order valence-electron chi connectivity index (χ0n) is 9.32. The Balaban J connectivity index is 2.27. The van der Waals surface area contributed by atoms with Crippen molar-refractivity contribution in [1.29, 1.82) is 0 Å². The van der Waals surface area contributed by atoms with Gasteiger partial charge in [0, 0.05) is 30.9 Å². The van der Waals surface area contributed by atoms with Crippen LogP contribution in [0.1, 0.15) is 31.7 Å². The van der Waals surface area contributed by atoms with E-state index in [2.05, 4.69) is 22.9 Å². The number of hydrogen-bond donors (Lipinski definition) is 1. The Bertz CT molecular complexity index is 324. The van der Waals surface area contributed by atoms with Crippen LogP contribution in [0.5, 0.6) is 0 Å². The van der Waals surface area contributed by atoms with E-state index < -0.39 is 0 Å². The van der Waals surface area contributed by atoms with E-state index in [-0.39, 0.29) is 0 Å². The molecule has 1 aromatic heterocycles. The monoisotopic (exact) mass is 205 g/mol. The quantitative estimate of drug-likeness (QED) is 0.819. The van der Waals surface area contributed by atoms with E-state index in [0.717, 1.165) is 17.9 Å². The van der Waals surface area contributed by atoms with Crippen molar-refractivity contribution in [1.82, 2.24) is 4.98 Å². The fourth-order valence-electron chi connectivity index (χ4n) is 2.39. The number of aromatic nitrogens is 1. The molecule has 0 radical (unpaired) electrons. The Kier molecular flexibility index (Phi) is 3.21. The van der Waals surface area contributed by atoms with Gasteiger partial charge in [-0.3, -0.25) is 0 Å². The maximum atomic E-state index is 5.74. The summed E-state index contributed by atoms with van der Waals surface area (Å²) in [6.45, 7) is 3.95. The second kappa shape index (κ2) is 4.62. The lowest BCUT2D eigenvalue weighted by Crippen LogP contribution is -2.30. The number of pyridine rings is 1. The molecule has 82 valence electrons. The normalized spacial score (nSPS) is 20.9. The minimum atomic E-state index is 0.579. The number of anilines is 1. The van der Waals surface area contributed by atoms with Crippen molar-refractivity contribution in [2.24, 2.45) is 5.73 Å². The molecule has 1 saturated heterocycles. The molecule has 1 unspecified atom stereocenters. The fourth-order valence-corrected chi connectivity index (χ4v) is 2.39. The lowest BCUT2D eigenvalue weighted by molar-refractivity contribution is 0.638. The van der Waals surface area contributed by atoms with Gasteiger partial charge in [0.25, 0.3) is 0 Å². The number of rotatable bonds is 3. The summed E-state index contributed by atoms with van der Waals surface area (Å²) >= 11 is 0. The van der Waals surface area contributed by atoms with Gasteiger partial charge in [0.05, 0.1) is 0 Å². The maximum absolute atomic E-state index is 5.74. The molecule has 15 heavy (non-hydrogen) atoms. The van der Waals surface area contributed by atoms with Gasteiger partial charge < -0.3 is 10.6 Å². The molecule has 0 aliphatic carbocycles. The predicted molar refractivity (Wildman–Crippen MR) is 62.8 cm³/mol.